The predicted molar refractivity (Wildman–Crippen MR) is 94.7 cm³/mol. The molecule has 136 valence electrons. The van der Waals surface area contributed by atoms with Gasteiger partial charge in [0.25, 0.3) is 5.56 Å². The number of rotatable bonds is 6. The summed E-state index contributed by atoms with van der Waals surface area (Å²) >= 11 is 0. The summed E-state index contributed by atoms with van der Waals surface area (Å²) < 4.78 is 26.6. The number of aromatic amines is 1. The summed E-state index contributed by atoms with van der Waals surface area (Å²) in [6, 6.07) is 9.27. The number of carbonyl (C=O) groups excluding carboxylic acids is 1. The van der Waals surface area contributed by atoms with Crippen molar-refractivity contribution >= 4 is 15.9 Å². The average molecular weight is 374 g/mol. The van der Waals surface area contributed by atoms with Gasteiger partial charge in [-0.2, -0.15) is 5.26 Å². The topological polar surface area (TPSA) is 132 Å². The average Bonchev–Trinajstić information content (AvgIpc) is 2.59. The first-order valence-electron chi connectivity index (χ1n) is 7.69. The van der Waals surface area contributed by atoms with Gasteiger partial charge in [0.05, 0.1) is 17.0 Å². The van der Waals surface area contributed by atoms with E-state index in [0.717, 1.165) is 5.56 Å². The summed E-state index contributed by atoms with van der Waals surface area (Å²) in [5.74, 6) is -0.595. The standard InChI is InChI=1S/C17H18N4O4S/c1-11-7-12(2)21-17(23)14(11)9-19-16(22)10-20-26(24,25)15-6-4-3-5-13(15)8-18/h3-7,20H,9-10H2,1-2H3,(H,19,22)(H,21,23). The number of hydrogen-bond acceptors (Lipinski definition) is 5. The summed E-state index contributed by atoms with van der Waals surface area (Å²) in [6.45, 7) is 2.98. The summed E-state index contributed by atoms with van der Waals surface area (Å²) in [4.78, 5) is 26.3. The molecule has 9 heteroatoms. The molecule has 0 aliphatic carbocycles. The van der Waals surface area contributed by atoms with Gasteiger partial charge in [-0.05, 0) is 37.6 Å². The van der Waals surface area contributed by atoms with Crippen molar-refractivity contribution in [1.82, 2.24) is 15.0 Å². The molecular weight excluding hydrogens is 356 g/mol. The number of nitrogens with zero attached hydrogens (tertiary/aromatic N) is 1. The number of nitrogens with one attached hydrogen (secondary N) is 3. The number of H-pyrrole nitrogens is 1. The Morgan fingerprint density at radius 1 is 1.27 bits per heavy atom. The highest BCUT2D eigenvalue weighted by molar-refractivity contribution is 7.89. The number of carbonyl (C=O) groups is 1. The summed E-state index contributed by atoms with van der Waals surface area (Å²) in [6.07, 6.45) is 0. The van der Waals surface area contributed by atoms with Gasteiger partial charge in [0.1, 0.15) is 6.07 Å². The van der Waals surface area contributed by atoms with Gasteiger partial charge >= 0.3 is 0 Å². The van der Waals surface area contributed by atoms with Crippen molar-refractivity contribution in [2.45, 2.75) is 25.3 Å². The monoisotopic (exact) mass is 374 g/mol. The van der Waals surface area contributed by atoms with E-state index in [1.807, 2.05) is 0 Å². The smallest absolute Gasteiger partial charge is 0.253 e. The van der Waals surface area contributed by atoms with Crippen molar-refractivity contribution in [3.8, 4) is 6.07 Å². The van der Waals surface area contributed by atoms with Crippen molar-refractivity contribution in [1.29, 1.82) is 5.26 Å². The maximum absolute atomic E-state index is 12.2. The highest BCUT2D eigenvalue weighted by Crippen LogP contribution is 2.13. The fraction of sp³-hybridized carbons (Fsp3) is 0.235. The van der Waals surface area contributed by atoms with Crippen molar-refractivity contribution < 1.29 is 13.2 Å². The molecule has 0 fully saturated rings. The molecule has 2 rings (SSSR count). The molecule has 26 heavy (non-hydrogen) atoms. The Morgan fingerprint density at radius 3 is 2.62 bits per heavy atom. The number of aromatic nitrogens is 1. The number of aryl methyl sites for hydroxylation is 2. The summed E-state index contributed by atoms with van der Waals surface area (Å²) in [5, 5.41) is 11.5. The van der Waals surface area contributed by atoms with E-state index in [0.29, 0.717) is 11.3 Å². The molecule has 1 amide bonds. The molecule has 0 spiro atoms. The third kappa shape index (κ3) is 4.56. The van der Waals surface area contributed by atoms with Gasteiger partial charge in [0, 0.05) is 17.8 Å². The van der Waals surface area contributed by atoms with E-state index in [1.54, 1.807) is 32.0 Å². The second-order valence-electron chi connectivity index (χ2n) is 5.65. The number of amides is 1. The Balaban J connectivity index is 2.01. The zero-order chi connectivity index (χ0) is 19.3. The van der Waals surface area contributed by atoms with Crippen molar-refractivity contribution in [2.75, 3.05) is 6.54 Å². The molecule has 2 aromatic rings. The molecule has 0 bridgehead atoms. The maximum Gasteiger partial charge on any atom is 0.253 e. The van der Waals surface area contributed by atoms with Crippen LogP contribution >= 0.6 is 0 Å². The van der Waals surface area contributed by atoms with E-state index in [-0.39, 0.29) is 22.6 Å². The molecule has 0 unspecified atom stereocenters. The molecule has 0 atom stereocenters. The van der Waals surface area contributed by atoms with E-state index >= 15 is 0 Å². The Hall–Kier alpha value is -2.96. The van der Waals surface area contributed by atoms with E-state index < -0.39 is 22.5 Å². The highest BCUT2D eigenvalue weighted by Gasteiger charge is 2.19. The fourth-order valence-corrected chi connectivity index (χ4v) is 3.52. The van der Waals surface area contributed by atoms with E-state index in [1.165, 1.54) is 18.2 Å². The van der Waals surface area contributed by atoms with Crippen LogP contribution in [0.3, 0.4) is 0 Å². The Bertz CT molecular complexity index is 1040. The predicted octanol–water partition coefficient (Wildman–Crippen LogP) is 0.458. The summed E-state index contributed by atoms with van der Waals surface area (Å²) in [5.41, 5.74) is 1.54. The Morgan fingerprint density at radius 2 is 1.96 bits per heavy atom. The van der Waals surface area contributed by atoms with Gasteiger partial charge < -0.3 is 10.3 Å². The molecule has 1 aromatic heterocycles. The number of pyridine rings is 1. The number of hydrogen-bond donors (Lipinski definition) is 3. The van der Waals surface area contributed by atoms with Gasteiger partial charge in [-0.1, -0.05) is 12.1 Å². The van der Waals surface area contributed by atoms with Gasteiger partial charge in [-0.15, -0.1) is 0 Å². The first kappa shape index (κ1) is 19.4. The van der Waals surface area contributed by atoms with Crippen molar-refractivity contribution in [3.05, 3.63) is 63.1 Å². The van der Waals surface area contributed by atoms with Crippen LogP contribution in [0, 0.1) is 25.2 Å². The van der Waals surface area contributed by atoms with Crippen LogP contribution in [-0.2, 0) is 21.4 Å². The molecule has 1 aromatic carbocycles. The zero-order valence-corrected chi connectivity index (χ0v) is 15.1. The SMILES string of the molecule is Cc1cc(C)c(CNC(=O)CNS(=O)(=O)c2ccccc2C#N)c(=O)[nH]1. The first-order valence-corrected chi connectivity index (χ1v) is 9.18. The second kappa shape index (κ2) is 7.95. The fourth-order valence-electron chi connectivity index (χ4n) is 2.38. The van der Waals surface area contributed by atoms with E-state index in [2.05, 4.69) is 15.0 Å². The molecule has 0 saturated heterocycles. The van der Waals surface area contributed by atoms with Crippen LogP contribution in [0.15, 0.2) is 40.0 Å². The molecule has 3 N–H and O–H groups in total. The number of sulfonamides is 1. The first-order chi connectivity index (χ1) is 12.2. The molecule has 0 radical (unpaired) electrons. The number of nitriles is 1. The largest absolute Gasteiger partial charge is 0.351 e. The third-order valence-corrected chi connectivity index (χ3v) is 5.14. The van der Waals surface area contributed by atoms with E-state index in [9.17, 15) is 18.0 Å². The molecule has 0 aliphatic heterocycles. The van der Waals surface area contributed by atoms with Crippen LogP contribution in [0.4, 0.5) is 0 Å². The van der Waals surface area contributed by atoms with Crippen LogP contribution in [0.5, 0.6) is 0 Å². The zero-order valence-electron chi connectivity index (χ0n) is 14.3. The van der Waals surface area contributed by atoms with Crippen LogP contribution < -0.4 is 15.6 Å². The maximum atomic E-state index is 12.2. The molecule has 8 nitrogen and oxygen atoms in total. The molecule has 0 aliphatic rings. The Labute approximate surface area is 150 Å². The second-order valence-corrected chi connectivity index (χ2v) is 7.39. The summed E-state index contributed by atoms with van der Waals surface area (Å²) in [7, 11) is -4.00. The third-order valence-electron chi connectivity index (χ3n) is 3.68. The Kier molecular flexibility index (Phi) is 5.92. The van der Waals surface area contributed by atoms with Crippen LogP contribution in [0.1, 0.15) is 22.4 Å². The quantitative estimate of drug-likeness (QED) is 0.676. The lowest BCUT2D eigenvalue weighted by Crippen LogP contribution is -2.37. The molecule has 1 heterocycles. The van der Waals surface area contributed by atoms with Crippen LogP contribution in [-0.4, -0.2) is 25.9 Å². The van der Waals surface area contributed by atoms with Gasteiger partial charge in [-0.25, -0.2) is 13.1 Å². The van der Waals surface area contributed by atoms with Crippen LogP contribution in [0.2, 0.25) is 0 Å². The van der Waals surface area contributed by atoms with Gasteiger partial charge in [0.15, 0.2) is 0 Å². The minimum absolute atomic E-state index is 0.0118. The van der Waals surface area contributed by atoms with E-state index in [4.69, 9.17) is 5.26 Å². The van der Waals surface area contributed by atoms with Crippen LogP contribution in [0.25, 0.3) is 0 Å². The van der Waals surface area contributed by atoms with Gasteiger partial charge in [0.2, 0.25) is 15.9 Å². The minimum Gasteiger partial charge on any atom is -0.351 e. The van der Waals surface area contributed by atoms with Crippen molar-refractivity contribution in [2.24, 2.45) is 0 Å². The highest BCUT2D eigenvalue weighted by atomic mass is 32.2. The minimum atomic E-state index is -4.00. The lowest BCUT2D eigenvalue weighted by molar-refractivity contribution is -0.120. The lowest BCUT2D eigenvalue weighted by atomic mass is 10.1. The number of benzene rings is 1. The normalized spacial score (nSPS) is 11.0. The molecular formula is C17H18N4O4S. The molecule has 0 saturated carbocycles. The van der Waals surface area contributed by atoms with Crippen molar-refractivity contribution in [3.63, 3.8) is 0 Å². The van der Waals surface area contributed by atoms with Gasteiger partial charge in [-0.3, -0.25) is 9.59 Å². The lowest BCUT2D eigenvalue weighted by Gasteiger charge is -2.10.